The summed E-state index contributed by atoms with van der Waals surface area (Å²) in [6.45, 7) is 8.19. The molecule has 7 rings (SSSR count). The number of nitrogens with one attached hydrogen (secondary N) is 2. The molecule has 2 N–H and O–H groups in total. The molecule has 3 fully saturated rings. The summed E-state index contributed by atoms with van der Waals surface area (Å²) in [6.07, 6.45) is 5.88. The lowest BCUT2D eigenvalue weighted by atomic mass is 9.40. The minimum absolute atomic E-state index is 0.0590. The smallest absolute Gasteiger partial charge is 0.264 e. The molecule has 4 heterocycles. The molecule has 5 atom stereocenters. The van der Waals surface area contributed by atoms with E-state index in [-0.39, 0.29) is 53.8 Å². The van der Waals surface area contributed by atoms with Gasteiger partial charge in [0.15, 0.2) is 5.15 Å². The maximum absolute atomic E-state index is 13.7. The molecule has 5 aliphatic rings. The fourth-order valence-electron chi connectivity index (χ4n) is 8.15. The van der Waals surface area contributed by atoms with E-state index in [0.29, 0.717) is 35.8 Å². The van der Waals surface area contributed by atoms with Crippen molar-refractivity contribution in [3.8, 4) is 0 Å². The molecule has 11 nitrogen and oxygen atoms in total. The Hall–Kier alpha value is -3.99. The molecular formula is C32H35ClN6O5. The average molecular weight is 619 g/mol. The monoisotopic (exact) mass is 618 g/mol. The normalized spacial score (nSPS) is 29.9. The summed E-state index contributed by atoms with van der Waals surface area (Å²) in [7, 11) is 0. The molecule has 5 unspecified atom stereocenters. The van der Waals surface area contributed by atoms with Gasteiger partial charge < -0.3 is 10.2 Å². The van der Waals surface area contributed by atoms with E-state index in [1.807, 2.05) is 15.8 Å². The zero-order valence-corrected chi connectivity index (χ0v) is 25.7. The fraction of sp³-hybridized carbons (Fsp3) is 0.500. The number of allylic oxidation sites excluding steroid dienone is 1. The number of rotatable bonds is 6. The van der Waals surface area contributed by atoms with E-state index in [1.54, 1.807) is 18.2 Å². The number of hydrogen-bond donors (Lipinski definition) is 2. The zero-order chi connectivity index (χ0) is 31.1. The van der Waals surface area contributed by atoms with Crippen molar-refractivity contribution < 1.29 is 24.0 Å². The number of amides is 5. The van der Waals surface area contributed by atoms with Crippen LogP contribution in [0.4, 0.5) is 5.69 Å². The Morgan fingerprint density at radius 3 is 2.52 bits per heavy atom. The molecule has 0 spiro atoms. The number of aromatic nitrogens is 2. The van der Waals surface area contributed by atoms with Crippen LogP contribution in [0.15, 0.2) is 36.0 Å². The number of halogens is 1. The zero-order valence-electron chi connectivity index (χ0n) is 24.9. The van der Waals surface area contributed by atoms with Crippen molar-refractivity contribution >= 4 is 46.8 Å². The SMILES string of the molecule is CC1C2=CC(C)C2(C(=O)N2CCC(n3cc(CNc4cccc5c4C(=O)N(C4CCC(=O)NC4=O)C5=O)c(Cl)n3)CC2)C1C. The van der Waals surface area contributed by atoms with Gasteiger partial charge in [-0.05, 0) is 49.1 Å². The van der Waals surface area contributed by atoms with E-state index in [9.17, 15) is 24.0 Å². The van der Waals surface area contributed by atoms with Crippen LogP contribution in [-0.4, -0.2) is 68.2 Å². The second-order valence-electron chi connectivity index (χ2n) is 12.8. The number of carbonyl (C=O) groups excluding carboxylic acids is 5. The number of hydrogen-bond acceptors (Lipinski definition) is 7. The first-order chi connectivity index (χ1) is 21.0. The lowest BCUT2D eigenvalue weighted by Gasteiger charge is -2.64. The molecule has 5 amide bonds. The highest BCUT2D eigenvalue weighted by molar-refractivity contribution is 6.30. The van der Waals surface area contributed by atoms with E-state index in [2.05, 4.69) is 42.6 Å². The minimum Gasteiger partial charge on any atom is -0.380 e. The molecule has 2 aromatic rings. The lowest BCUT2D eigenvalue weighted by molar-refractivity contribution is -0.158. The highest BCUT2D eigenvalue weighted by atomic mass is 35.5. The van der Waals surface area contributed by atoms with Gasteiger partial charge in [0, 0.05) is 43.5 Å². The number of imide groups is 2. The molecule has 230 valence electrons. The molecule has 2 saturated heterocycles. The summed E-state index contributed by atoms with van der Waals surface area (Å²) in [6, 6.07) is 4.02. The van der Waals surface area contributed by atoms with Crippen LogP contribution < -0.4 is 10.6 Å². The van der Waals surface area contributed by atoms with Crippen LogP contribution in [0.1, 0.15) is 78.8 Å². The number of anilines is 1. The van der Waals surface area contributed by atoms with Crippen molar-refractivity contribution in [2.24, 2.45) is 23.2 Å². The second kappa shape index (κ2) is 10.3. The number of nitrogens with zero attached hydrogens (tertiary/aromatic N) is 4. The van der Waals surface area contributed by atoms with Gasteiger partial charge in [0.25, 0.3) is 11.8 Å². The van der Waals surface area contributed by atoms with Gasteiger partial charge in [-0.25, -0.2) is 0 Å². The molecule has 1 aromatic heterocycles. The van der Waals surface area contributed by atoms with Gasteiger partial charge in [-0.1, -0.05) is 50.1 Å². The molecule has 1 aromatic carbocycles. The van der Waals surface area contributed by atoms with Gasteiger partial charge in [-0.15, -0.1) is 0 Å². The molecule has 1 saturated carbocycles. The van der Waals surface area contributed by atoms with Crippen molar-refractivity contribution in [2.45, 2.75) is 65.1 Å². The Bertz CT molecular complexity index is 1660. The third-order valence-corrected chi connectivity index (χ3v) is 11.1. The Morgan fingerprint density at radius 1 is 1.09 bits per heavy atom. The van der Waals surface area contributed by atoms with E-state index in [4.69, 9.17) is 11.6 Å². The van der Waals surface area contributed by atoms with Crippen LogP contribution in [0, 0.1) is 23.2 Å². The highest BCUT2D eigenvalue weighted by Gasteiger charge is 2.66. The van der Waals surface area contributed by atoms with E-state index >= 15 is 0 Å². The highest BCUT2D eigenvalue weighted by Crippen LogP contribution is 2.67. The summed E-state index contributed by atoms with van der Waals surface area (Å²) in [5.41, 5.74) is 2.59. The standard InChI is InChI=1S/C32H35ClN6O5/c1-16-13-22-17(2)18(3)32(16,22)31(44)37-11-9-20(10-12-37)38-15-19(27(33)36-38)14-34-23-6-4-5-21-26(23)30(43)39(29(21)42)24-7-8-25(40)35-28(24)41/h4-6,13,15-18,20,24,34H,7-12,14H2,1-3H3,(H,35,40,41). The van der Waals surface area contributed by atoms with E-state index in [1.165, 1.54) is 5.57 Å². The van der Waals surface area contributed by atoms with Crippen molar-refractivity contribution in [3.63, 3.8) is 0 Å². The quantitative estimate of drug-likeness (QED) is 0.373. The number of benzene rings is 1. The largest absolute Gasteiger partial charge is 0.380 e. The van der Waals surface area contributed by atoms with Crippen molar-refractivity contribution in [3.05, 3.63) is 57.9 Å². The number of fused-ring (bicyclic) bond motifs is 2. The van der Waals surface area contributed by atoms with Gasteiger partial charge in [0.2, 0.25) is 17.7 Å². The van der Waals surface area contributed by atoms with E-state index < -0.39 is 29.7 Å². The van der Waals surface area contributed by atoms with Gasteiger partial charge in [-0.2, -0.15) is 5.10 Å². The second-order valence-corrected chi connectivity index (χ2v) is 13.2. The summed E-state index contributed by atoms with van der Waals surface area (Å²) in [4.78, 5) is 67.2. The Kier molecular flexibility index (Phi) is 6.73. The topological polar surface area (TPSA) is 134 Å². The van der Waals surface area contributed by atoms with Gasteiger partial charge in [0.05, 0.1) is 22.6 Å². The number of likely N-dealkylation sites (tertiary alicyclic amines) is 1. The van der Waals surface area contributed by atoms with Crippen LogP contribution in [0.25, 0.3) is 0 Å². The van der Waals surface area contributed by atoms with Crippen molar-refractivity contribution in [2.75, 3.05) is 18.4 Å². The van der Waals surface area contributed by atoms with E-state index in [0.717, 1.165) is 23.3 Å². The first kappa shape index (κ1) is 28.8. The Balaban J connectivity index is 1.01. The van der Waals surface area contributed by atoms with Crippen LogP contribution in [0.5, 0.6) is 0 Å². The fourth-order valence-corrected chi connectivity index (χ4v) is 8.36. The third-order valence-electron chi connectivity index (χ3n) is 10.8. The predicted octanol–water partition coefficient (Wildman–Crippen LogP) is 3.56. The summed E-state index contributed by atoms with van der Waals surface area (Å²) in [5.74, 6) is -0.797. The molecule has 12 heteroatoms. The maximum Gasteiger partial charge on any atom is 0.264 e. The first-order valence-corrected chi connectivity index (χ1v) is 15.7. The maximum atomic E-state index is 13.7. The van der Waals surface area contributed by atoms with Crippen molar-refractivity contribution in [1.29, 1.82) is 0 Å². The average Bonchev–Trinajstić information content (AvgIpc) is 3.50. The summed E-state index contributed by atoms with van der Waals surface area (Å²) >= 11 is 6.54. The Morgan fingerprint density at radius 2 is 1.84 bits per heavy atom. The Labute approximate surface area is 260 Å². The molecule has 3 aliphatic heterocycles. The molecule has 2 aliphatic carbocycles. The van der Waals surface area contributed by atoms with Crippen LogP contribution in [0.3, 0.4) is 0 Å². The summed E-state index contributed by atoms with van der Waals surface area (Å²) in [5, 5.41) is 10.4. The van der Waals surface area contributed by atoms with Gasteiger partial charge in [0.1, 0.15) is 6.04 Å². The van der Waals surface area contributed by atoms with Gasteiger partial charge in [-0.3, -0.25) is 38.9 Å². The number of carbonyl (C=O) groups is 5. The molecule has 44 heavy (non-hydrogen) atoms. The number of piperidine rings is 2. The van der Waals surface area contributed by atoms with Crippen molar-refractivity contribution in [1.82, 2.24) is 24.9 Å². The van der Waals surface area contributed by atoms with Crippen LogP contribution in [-0.2, 0) is 20.9 Å². The van der Waals surface area contributed by atoms with Gasteiger partial charge >= 0.3 is 0 Å². The predicted molar refractivity (Wildman–Crippen MR) is 161 cm³/mol. The molecule has 0 radical (unpaired) electrons. The summed E-state index contributed by atoms with van der Waals surface area (Å²) < 4.78 is 1.87. The van der Waals surface area contributed by atoms with Crippen LogP contribution in [0.2, 0.25) is 5.15 Å². The molecule has 0 bridgehead atoms. The third kappa shape index (κ3) is 4.01. The minimum atomic E-state index is -1.03. The van der Waals surface area contributed by atoms with Crippen LogP contribution >= 0.6 is 11.6 Å². The lowest BCUT2D eigenvalue weighted by Crippen LogP contribution is -2.66. The molecular weight excluding hydrogens is 584 g/mol. The first-order valence-electron chi connectivity index (χ1n) is 15.4.